The lowest BCUT2D eigenvalue weighted by Gasteiger charge is -2.35. The Morgan fingerprint density at radius 2 is 1.74 bits per heavy atom. The van der Waals surface area contributed by atoms with Gasteiger partial charge in [0.05, 0.1) is 12.8 Å². The van der Waals surface area contributed by atoms with Gasteiger partial charge in [-0.25, -0.2) is 0 Å². The highest BCUT2D eigenvalue weighted by atomic mass is 16.5. The topological polar surface area (TPSA) is 77.0 Å². The normalized spacial score (nSPS) is 15.2. The third kappa shape index (κ3) is 8.32. The second kappa shape index (κ2) is 14.8. The molecule has 6 nitrogen and oxygen atoms in total. The van der Waals surface area contributed by atoms with E-state index < -0.39 is 0 Å². The Labute approximate surface area is 211 Å². The third-order valence-electron chi connectivity index (χ3n) is 7.07. The highest BCUT2D eigenvalue weighted by Crippen LogP contribution is 2.36. The Hall–Kier alpha value is -2.44. The zero-order chi connectivity index (χ0) is 24.9. The van der Waals surface area contributed by atoms with Crippen molar-refractivity contribution >= 4 is 5.69 Å². The molecule has 0 saturated heterocycles. The van der Waals surface area contributed by atoms with E-state index in [0.29, 0.717) is 6.04 Å². The SMILES string of the molecule is CCCN(CCCCCCNCCCNc1ccccc1OC)C1CCc2c(ccc(O)c2O)C1. The Morgan fingerprint density at radius 3 is 2.57 bits per heavy atom. The molecule has 0 bridgehead atoms. The van der Waals surface area contributed by atoms with E-state index >= 15 is 0 Å². The monoisotopic (exact) mass is 483 g/mol. The molecule has 3 rings (SSSR count). The maximum Gasteiger partial charge on any atom is 0.160 e. The molecule has 2 aromatic rings. The van der Waals surface area contributed by atoms with E-state index in [2.05, 4.69) is 28.5 Å². The number of ether oxygens (including phenoxy) is 1. The average Bonchev–Trinajstić information content (AvgIpc) is 2.88. The maximum atomic E-state index is 10.2. The Morgan fingerprint density at radius 1 is 0.943 bits per heavy atom. The molecule has 0 fully saturated rings. The number of methoxy groups -OCH3 is 1. The molecule has 2 aromatic carbocycles. The van der Waals surface area contributed by atoms with Gasteiger partial charge in [-0.05, 0) is 94.9 Å². The molecule has 0 heterocycles. The first-order valence-corrected chi connectivity index (χ1v) is 13.5. The number of phenols is 2. The molecule has 1 unspecified atom stereocenters. The van der Waals surface area contributed by atoms with Crippen LogP contribution < -0.4 is 15.4 Å². The van der Waals surface area contributed by atoms with Crippen molar-refractivity contribution in [2.24, 2.45) is 0 Å². The summed E-state index contributed by atoms with van der Waals surface area (Å²) in [5, 5.41) is 27.0. The number of hydrogen-bond donors (Lipinski definition) is 4. The minimum Gasteiger partial charge on any atom is -0.504 e. The van der Waals surface area contributed by atoms with Crippen LogP contribution in [0.15, 0.2) is 36.4 Å². The number of hydrogen-bond acceptors (Lipinski definition) is 6. The molecule has 194 valence electrons. The maximum absolute atomic E-state index is 10.2. The van der Waals surface area contributed by atoms with Crippen LogP contribution in [-0.2, 0) is 12.8 Å². The molecule has 4 N–H and O–H groups in total. The molecule has 0 spiro atoms. The molecular weight excluding hydrogens is 438 g/mol. The number of benzene rings is 2. The lowest BCUT2D eigenvalue weighted by molar-refractivity contribution is 0.175. The van der Waals surface area contributed by atoms with Gasteiger partial charge in [0.1, 0.15) is 5.75 Å². The molecule has 1 atom stereocenters. The van der Waals surface area contributed by atoms with E-state index in [-0.39, 0.29) is 11.5 Å². The number of unbranched alkanes of at least 4 members (excludes halogenated alkanes) is 3. The fourth-order valence-corrected chi connectivity index (χ4v) is 5.15. The van der Waals surface area contributed by atoms with Crippen molar-refractivity contribution in [1.29, 1.82) is 0 Å². The first kappa shape index (κ1) is 27.2. The fourth-order valence-electron chi connectivity index (χ4n) is 5.15. The van der Waals surface area contributed by atoms with Crippen molar-refractivity contribution in [2.45, 2.75) is 70.8 Å². The second-order valence-corrected chi connectivity index (χ2v) is 9.65. The van der Waals surface area contributed by atoms with Gasteiger partial charge in [0.25, 0.3) is 0 Å². The van der Waals surface area contributed by atoms with Gasteiger partial charge in [-0.15, -0.1) is 0 Å². The van der Waals surface area contributed by atoms with Gasteiger partial charge in [0.15, 0.2) is 11.5 Å². The average molecular weight is 484 g/mol. The van der Waals surface area contributed by atoms with E-state index in [1.54, 1.807) is 13.2 Å². The standard InChI is InChI=1S/C29H45N3O3/c1-3-20-32(24-14-15-25-23(22-24)13-16-27(33)29(25)34)21-9-5-4-8-17-30-18-10-19-31-26-11-6-7-12-28(26)35-2/h6-7,11-13,16,24,30-31,33-34H,3-5,8-10,14-15,17-22H2,1-2H3. The first-order chi connectivity index (χ1) is 17.1. The Balaban J connectivity index is 1.25. The second-order valence-electron chi connectivity index (χ2n) is 9.65. The van der Waals surface area contributed by atoms with Gasteiger partial charge in [0, 0.05) is 18.2 Å². The predicted molar refractivity (Wildman–Crippen MR) is 145 cm³/mol. The smallest absolute Gasteiger partial charge is 0.160 e. The Bertz CT molecular complexity index is 889. The van der Waals surface area contributed by atoms with E-state index in [9.17, 15) is 10.2 Å². The number of phenolic OH excluding ortho intramolecular Hbond substituents is 2. The highest BCUT2D eigenvalue weighted by Gasteiger charge is 2.26. The van der Waals surface area contributed by atoms with Crippen LogP contribution in [0.5, 0.6) is 17.2 Å². The molecule has 0 aromatic heterocycles. The van der Waals surface area contributed by atoms with Crippen LogP contribution >= 0.6 is 0 Å². The van der Waals surface area contributed by atoms with Gasteiger partial charge in [0.2, 0.25) is 0 Å². The number of nitrogens with zero attached hydrogens (tertiary/aromatic N) is 1. The summed E-state index contributed by atoms with van der Waals surface area (Å²) in [7, 11) is 1.71. The highest BCUT2D eigenvalue weighted by molar-refractivity contribution is 5.56. The van der Waals surface area contributed by atoms with Gasteiger partial charge in [-0.3, -0.25) is 0 Å². The summed E-state index contributed by atoms with van der Waals surface area (Å²) >= 11 is 0. The number of anilines is 1. The van der Waals surface area contributed by atoms with Crippen LogP contribution in [0.2, 0.25) is 0 Å². The van der Waals surface area contributed by atoms with Gasteiger partial charge in [-0.1, -0.05) is 38.0 Å². The van der Waals surface area contributed by atoms with Crippen molar-refractivity contribution < 1.29 is 14.9 Å². The molecule has 6 heteroatoms. The van der Waals surface area contributed by atoms with E-state index in [1.165, 1.54) is 37.7 Å². The molecule has 0 saturated carbocycles. The lowest BCUT2D eigenvalue weighted by atomic mass is 9.86. The largest absolute Gasteiger partial charge is 0.504 e. The molecule has 0 radical (unpaired) electrons. The van der Waals surface area contributed by atoms with Gasteiger partial charge < -0.3 is 30.5 Å². The zero-order valence-electron chi connectivity index (χ0n) is 21.7. The van der Waals surface area contributed by atoms with Gasteiger partial charge >= 0.3 is 0 Å². The van der Waals surface area contributed by atoms with E-state index in [0.717, 1.165) is 75.4 Å². The van der Waals surface area contributed by atoms with Crippen LogP contribution in [0.3, 0.4) is 0 Å². The predicted octanol–water partition coefficient (Wildman–Crippen LogP) is 5.33. The summed E-state index contributed by atoms with van der Waals surface area (Å²) in [4.78, 5) is 2.65. The van der Waals surface area contributed by atoms with Crippen molar-refractivity contribution in [3.8, 4) is 17.2 Å². The van der Waals surface area contributed by atoms with Crippen molar-refractivity contribution in [3.05, 3.63) is 47.5 Å². The summed E-state index contributed by atoms with van der Waals surface area (Å²) in [6.45, 7) is 7.60. The molecule has 35 heavy (non-hydrogen) atoms. The van der Waals surface area contributed by atoms with Crippen LogP contribution in [0, 0.1) is 0 Å². The lowest BCUT2D eigenvalue weighted by Crippen LogP contribution is -2.40. The third-order valence-corrected chi connectivity index (χ3v) is 7.07. The molecule has 0 amide bonds. The van der Waals surface area contributed by atoms with E-state index in [1.807, 2.05) is 24.3 Å². The first-order valence-electron chi connectivity index (χ1n) is 13.5. The molecular formula is C29H45N3O3. The van der Waals surface area contributed by atoms with Crippen LogP contribution in [0.4, 0.5) is 5.69 Å². The van der Waals surface area contributed by atoms with E-state index in [4.69, 9.17) is 4.74 Å². The number of fused-ring (bicyclic) bond motifs is 1. The summed E-state index contributed by atoms with van der Waals surface area (Å²) in [5.74, 6) is 0.988. The molecule has 0 aliphatic heterocycles. The van der Waals surface area contributed by atoms with Crippen LogP contribution in [0.1, 0.15) is 63.0 Å². The summed E-state index contributed by atoms with van der Waals surface area (Å²) in [6.07, 6.45) is 10.1. The van der Waals surface area contributed by atoms with Crippen LogP contribution in [-0.4, -0.2) is 61.0 Å². The summed E-state index contributed by atoms with van der Waals surface area (Å²) in [6, 6.07) is 12.2. The minimum atomic E-state index is 0.00613. The molecule has 1 aliphatic carbocycles. The minimum absolute atomic E-state index is 0.00613. The zero-order valence-corrected chi connectivity index (χ0v) is 21.7. The van der Waals surface area contributed by atoms with Crippen molar-refractivity contribution in [2.75, 3.05) is 45.2 Å². The summed E-state index contributed by atoms with van der Waals surface area (Å²) < 4.78 is 5.37. The van der Waals surface area contributed by atoms with Crippen LogP contribution in [0.25, 0.3) is 0 Å². The number of aromatic hydroxyl groups is 2. The van der Waals surface area contributed by atoms with Gasteiger partial charge in [-0.2, -0.15) is 0 Å². The fraction of sp³-hybridized carbons (Fsp3) is 0.586. The number of nitrogens with one attached hydrogen (secondary N) is 2. The van der Waals surface area contributed by atoms with Crippen molar-refractivity contribution in [1.82, 2.24) is 10.2 Å². The molecule has 1 aliphatic rings. The van der Waals surface area contributed by atoms with Crippen molar-refractivity contribution in [3.63, 3.8) is 0 Å². The quantitative estimate of drug-likeness (QED) is 0.191. The Kier molecular flexibility index (Phi) is 11.5. The number of para-hydroxylation sites is 2. The summed E-state index contributed by atoms with van der Waals surface area (Å²) in [5.41, 5.74) is 3.20. The number of rotatable bonds is 16.